The highest BCUT2D eigenvalue weighted by Gasteiger charge is 2.35. The van der Waals surface area contributed by atoms with E-state index in [1.165, 1.54) is 32.1 Å². The highest BCUT2D eigenvalue weighted by atomic mass is 16.2. The largest absolute Gasteiger partial charge is 0.339 e. The summed E-state index contributed by atoms with van der Waals surface area (Å²) < 4.78 is 0. The summed E-state index contributed by atoms with van der Waals surface area (Å²) in [5, 5.41) is 0. The maximum Gasteiger partial charge on any atom is 0.225 e. The van der Waals surface area contributed by atoms with Crippen molar-refractivity contribution in [3.63, 3.8) is 0 Å². The van der Waals surface area contributed by atoms with Gasteiger partial charge in [-0.25, -0.2) is 0 Å². The first-order valence-electron chi connectivity index (χ1n) is 8.19. The molecule has 0 spiro atoms. The summed E-state index contributed by atoms with van der Waals surface area (Å²) in [5.41, 5.74) is 6.16. The lowest BCUT2D eigenvalue weighted by Gasteiger charge is -2.40. The number of nitrogens with zero attached hydrogens (tertiary/aromatic N) is 1. The number of carbonyl (C=O) groups is 1. The smallest absolute Gasteiger partial charge is 0.225 e. The molecule has 0 radical (unpaired) electrons. The number of amides is 1. The summed E-state index contributed by atoms with van der Waals surface area (Å²) >= 11 is 0. The third-order valence-electron chi connectivity index (χ3n) is 5.14. The molecule has 1 saturated heterocycles. The van der Waals surface area contributed by atoms with Crippen LogP contribution in [0.4, 0.5) is 0 Å². The second-order valence-corrected chi connectivity index (χ2v) is 6.62. The predicted octanol–water partition coefficient (Wildman–Crippen LogP) is 2.93. The van der Waals surface area contributed by atoms with Crippen molar-refractivity contribution in [3.8, 4) is 0 Å². The second kappa shape index (κ2) is 6.74. The minimum atomic E-state index is 0.198. The van der Waals surface area contributed by atoms with Crippen molar-refractivity contribution in [1.29, 1.82) is 0 Å². The van der Waals surface area contributed by atoms with Gasteiger partial charge in [0.25, 0.3) is 0 Å². The molecule has 110 valence electrons. The van der Waals surface area contributed by atoms with Crippen molar-refractivity contribution in [2.24, 2.45) is 17.6 Å². The molecular weight excluding hydrogens is 236 g/mol. The van der Waals surface area contributed by atoms with E-state index in [1.54, 1.807) is 0 Å². The van der Waals surface area contributed by atoms with E-state index in [1.807, 2.05) is 0 Å². The summed E-state index contributed by atoms with van der Waals surface area (Å²) in [7, 11) is 0. The van der Waals surface area contributed by atoms with Crippen LogP contribution < -0.4 is 5.73 Å². The highest BCUT2D eigenvalue weighted by Crippen LogP contribution is 2.31. The molecule has 2 N–H and O–H groups in total. The number of rotatable bonds is 3. The molecule has 0 aromatic carbocycles. The van der Waals surface area contributed by atoms with Gasteiger partial charge in [-0.05, 0) is 50.9 Å². The van der Waals surface area contributed by atoms with Gasteiger partial charge in [-0.2, -0.15) is 0 Å². The van der Waals surface area contributed by atoms with E-state index >= 15 is 0 Å². The maximum absolute atomic E-state index is 12.8. The van der Waals surface area contributed by atoms with Crippen LogP contribution >= 0.6 is 0 Å². The molecule has 0 aromatic heterocycles. The summed E-state index contributed by atoms with van der Waals surface area (Å²) in [6.07, 6.45) is 9.07. The number of piperidine rings is 1. The zero-order chi connectivity index (χ0) is 13.8. The summed E-state index contributed by atoms with van der Waals surface area (Å²) in [5.74, 6) is 1.18. The fourth-order valence-electron chi connectivity index (χ4n) is 3.74. The van der Waals surface area contributed by atoms with Crippen LogP contribution in [0, 0.1) is 11.8 Å². The Balaban J connectivity index is 1.97. The number of hydrogen-bond acceptors (Lipinski definition) is 2. The fourth-order valence-corrected chi connectivity index (χ4v) is 3.74. The van der Waals surface area contributed by atoms with Crippen LogP contribution in [-0.2, 0) is 4.79 Å². The lowest BCUT2D eigenvalue weighted by molar-refractivity contribution is -0.141. The summed E-state index contributed by atoms with van der Waals surface area (Å²) in [6.45, 7) is 5.41. The van der Waals surface area contributed by atoms with Crippen molar-refractivity contribution in [2.45, 2.75) is 77.3 Å². The Morgan fingerprint density at radius 3 is 2.74 bits per heavy atom. The Kier molecular flexibility index (Phi) is 5.26. The third kappa shape index (κ3) is 3.50. The minimum Gasteiger partial charge on any atom is -0.339 e. The van der Waals surface area contributed by atoms with E-state index in [-0.39, 0.29) is 12.0 Å². The molecule has 3 nitrogen and oxygen atoms in total. The van der Waals surface area contributed by atoms with Crippen LogP contribution in [0.25, 0.3) is 0 Å². The van der Waals surface area contributed by atoms with Gasteiger partial charge >= 0.3 is 0 Å². The first kappa shape index (κ1) is 14.8. The summed E-state index contributed by atoms with van der Waals surface area (Å²) in [4.78, 5) is 15.0. The van der Waals surface area contributed by atoms with Crippen LogP contribution in [-0.4, -0.2) is 29.4 Å². The molecule has 1 heterocycles. The topological polar surface area (TPSA) is 46.3 Å². The van der Waals surface area contributed by atoms with E-state index in [0.29, 0.717) is 17.9 Å². The molecule has 4 unspecified atom stereocenters. The number of carbonyl (C=O) groups excluding carboxylic acids is 1. The SMILES string of the molecule is CCCC1CCCCN1C(=O)C1CCC(C)C(N)C1. The molecule has 3 heteroatoms. The molecule has 1 saturated carbocycles. The molecule has 4 atom stereocenters. The molecule has 1 aliphatic heterocycles. The summed E-state index contributed by atoms with van der Waals surface area (Å²) in [6, 6.07) is 0.721. The van der Waals surface area contributed by atoms with Gasteiger partial charge in [-0.1, -0.05) is 20.3 Å². The van der Waals surface area contributed by atoms with E-state index in [2.05, 4.69) is 18.7 Å². The molecule has 2 fully saturated rings. The minimum absolute atomic E-state index is 0.198. The van der Waals surface area contributed by atoms with Crippen molar-refractivity contribution < 1.29 is 4.79 Å². The van der Waals surface area contributed by atoms with E-state index in [4.69, 9.17) is 5.73 Å². The van der Waals surface area contributed by atoms with Gasteiger partial charge in [-0.3, -0.25) is 4.79 Å². The molecule has 1 amide bonds. The average Bonchev–Trinajstić information content (AvgIpc) is 2.42. The molecule has 19 heavy (non-hydrogen) atoms. The monoisotopic (exact) mass is 266 g/mol. The lowest BCUT2D eigenvalue weighted by Crippen LogP contribution is -2.49. The fraction of sp³-hybridized carbons (Fsp3) is 0.938. The predicted molar refractivity (Wildman–Crippen MR) is 78.7 cm³/mol. The van der Waals surface area contributed by atoms with Crippen molar-refractivity contribution in [1.82, 2.24) is 4.90 Å². The van der Waals surface area contributed by atoms with Crippen LogP contribution in [0.1, 0.15) is 65.2 Å². The first-order chi connectivity index (χ1) is 9.13. The van der Waals surface area contributed by atoms with Crippen molar-refractivity contribution >= 4 is 5.91 Å². The van der Waals surface area contributed by atoms with Crippen LogP contribution in [0.2, 0.25) is 0 Å². The van der Waals surface area contributed by atoms with Crippen LogP contribution in [0.3, 0.4) is 0 Å². The Hall–Kier alpha value is -0.570. The van der Waals surface area contributed by atoms with Gasteiger partial charge in [0.2, 0.25) is 5.91 Å². The lowest BCUT2D eigenvalue weighted by atomic mass is 9.78. The molecular formula is C16H30N2O. The van der Waals surface area contributed by atoms with Crippen LogP contribution in [0.5, 0.6) is 0 Å². The first-order valence-corrected chi connectivity index (χ1v) is 8.19. The number of nitrogens with two attached hydrogens (primary N) is 1. The standard InChI is InChI=1S/C16H30N2O/c1-3-6-14-7-4-5-10-18(14)16(19)13-9-8-12(2)15(17)11-13/h12-15H,3-11,17H2,1-2H3. The Morgan fingerprint density at radius 1 is 1.26 bits per heavy atom. The van der Waals surface area contributed by atoms with Crippen LogP contribution in [0.15, 0.2) is 0 Å². The van der Waals surface area contributed by atoms with E-state index < -0.39 is 0 Å². The molecule has 2 rings (SSSR count). The molecule has 1 aliphatic carbocycles. The Morgan fingerprint density at radius 2 is 2.05 bits per heavy atom. The Labute approximate surface area is 117 Å². The van der Waals surface area contributed by atoms with Gasteiger partial charge in [-0.15, -0.1) is 0 Å². The normalized spacial score (nSPS) is 36.3. The molecule has 2 aliphatic rings. The van der Waals surface area contributed by atoms with Crippen molar-refractivity contribution in [2.75, 3.05) is 6.54 Å². The average molecular weight is 266 g/mol. The van der Waals surface area contributed by atoms with Gasteiger partial charge in [0.05, 0.1) is 0 Å². The zero-order valence-electron chi connectivity index (χ0n) is 12.6. The van der Waals surface area contributed by atoms with E-state index in [9.17, 15) is 4.79 Å². The van der Waals surface area contributed by atoms with Gasteiger partial charge in [0, 0.05) is 24.5 Å². The van der Waals surface area contributed by atoms with Gasteiger partial charge < -0.3 is 10.6 Å². The number of hydrogen-bond donors (Lipinski definition) is 1. The second-order valence-electron chi connectivity index (χ2n) is 6.62. The molecule has 0 bridgehead atoms. The third-order valence-corrected chi connectivity index (χ3v) is 5.14. The quantitative estimate of drug-likeness (QED) is 0.853. The van der Waals surface area contributed by atoms with Gasteiger partial charge in [0.1, 0.15) is 0 Å². The van der Waals surface area contributed by atoms with E-state index in [0.717, 1.165) is 25.8 Å². The Bertz CT molecular complexity index is 303. The molecule has 0 aromatic rings. The zero-order valence-corrected chi connectivity index (χ0v) is 12.6. The highest BCUT2D eigenvalue weighted by molar-refractivity contribution is 5.79. The van der Waals surface area contributed by atoms with Crippen molar-refractivity contribution in [3.05, 3.63) is 0 Å². The maximum atomic E-state index is 12.8. The van der Waals surface area contributed by atoms with Gasteiger partial charge in [0.15, 0.2) is 0 Å². The number of likely N-dealkylation sites (tertiary alicyclic amines) is 1.